The normalized spacial score (nSPS) is 9.08. The van der Waals surface area contributed by atoms with Crippen molar-refractivity contribution in [2.24, 2.45) is 0 Å². The van der Waals surface area contributed by atoms with Gasteiger partial charge in [0.25, 0.3) is 0 Å². The van der Waals surface area contributed by atoms with E-state index in [1.165, 1.54) is 0 Å². The third-order valence-electron chi connectivity index (χ3n) is 1.36. The van der Waals surface area contributed by atoms with Crippen LogP contribution in [0.15, 0.2) is 25.3 Å². The molecule has 0 rings (SSSR count). The largest absolute Gasteiger partial charge is 0.335 e. The lowest BCUT2D eigenvalue weighted by Gasteiger charge is -2.18. The van der Waals surface area contributed by atoms with E-state index < -0.39 is 0 Å². The van der Waals surface area contributed by atoms with E-state index in [2.05, 4.69) is 13.2 Å². The Bertz CT molecular complexity index is 158. The zero-order chi connectivity index (χ0) is 9.40. The summed E-state index contributed by atoms with van der Waals surface area (Å²) in [5.41, 5.74) is 0. The molecule has 0 aromatic carbocycles. The van der Waals surface area contributed by atoms with Gasteiger partial charge in [0.2, 0.25) is 5.91 Å². The van der Waals surface area contributed by atoms with Crippen LogP contribution in [0.2, 0.25) is 0 Å². The van der Waals surface area contributed by atoms with Gasteiger partial charge >= 0.3 is 0 Å². The Kier molecular flexibility index (Phi) is 6.48. The zero-order valence-corrected chi connectivity index (χ0v) is 7.89. The molecule has 0 unspecified atom stereocenters. The van der Waals surface area contributed by atoms with Gasteiger partial charge in [-0.05, 0) is 0 Å². The average Bonchev–Trinajstić information content (AvgIpc) is 2.04. The highest BCUT2D eigenvalue weighted by molar-refractivity contribution is 6.18. The number of carbonyl (C=O) groups excluding carboxylic acids is 1. The molecule has 68 valence electrons. The molecule has 0 aliphatic carbocycles. The summed E-state index contributed by atoms with van der Waals surface area (Å²) in [6.07, 6.45) is 3.76. The SMILES string of the molecule is C=CCN(CC=C)C(=O)CCCl. The van der Waals surface area contributed by atoms with E-state index in [0.717, 1.165) is 0 Å². The lowest BCUT2D eigenvalue weighted by molar-refractivity contribution is -0.129. The third-order valence-corrected chi connectivity index (χ3v) is 1.55. The van der Waals surface area contributed by atoms with Crippen LogP contribution in [0.4, 0.5) is 0 Å². The summed E-state index contributed by atoms with van der Waals surface area (Å²) in [6, 6.07) is 0. The molecule has 12 heavy (non-hydrogen) atoms. The van der Waals surface area contributed by atoms with Crippen molar-refractivity contribution >= 4 is 17.5 Å². The van der Waals surface area contributed by atoms with Crippen LogP contribution in [-0.2, 0) is 4.79 Å². The van der Waals surface area contributed by atoms with Crippen molar-refractivity contribution in [1.29, 1.82) is 0 Å². The molecule has 3 heteroatoms. The first kappa shape index (κ1) is 11.2. The maximum Gasteiger partial charge on any atom is 0.224 e. The number of halogens is 1. The fraction of sp³-hybridized carbons (Fsp3) is 0.444. The monoisotopic (exact) mass is 187 g/mol. The van der Waals surface area contributed by atoms with Gasteiger partial charge in [-0.1, -0.05) is 12.2 Å². The number of hydrogen-bond donors (Lipinski definition) is 0. The molecule has 2 nitrogen and oxygen atoms in total. The predicted octanol–water partition coefficient (Wildman–Crippen LogP) is 1.82. The van der Waals surface area contributed by atoms with E-state index in [9.17, 15) is 4.79 Å². The van der Waals surface area contributed by atoms with Crippen LogP contribution in [0.5, 0.6) is 0 Å². The molecule has 0 heterocycles. The lowest BCUT2D eigenvalue weighted by atomic mass is 10.3. The summed E-state index contributed by atoms with van der Waals surface area (Å²) >= 11 is 5.44. The molecule has 0 atom stereocenters. The number of amides is 1. The van der Waals surface area contributed by atoms with Crippen molar-refractivity contribution in [2.75, 3.05) is 19.0 Å². The smallest absolute Gasteiger partial charge is 0.224 e. The molecule has 0 saturated heterocycles. The number of nitrogens with zero attached hydrogens (tertiary/aromatic N) is 1. The highest BCUT2D eigenvalue weighted by Gasteiger charge is 2.08. The van der Waals surface area contributed by atoms with Crippen molar-refractivity contribution < 1.29 is 4.79 Å². The Morgan fingerprint density at radius 2 is 1.83 bits per heavy atom. The van der Waals surface area contributed by atoms with E-state index >= 15 is 0 Å². The average molecular weight is 188 g/mol. The Labute approximate surface area is 78.5 Å². The fourth-order valence-electron chi connectivity index (χ4n) is 0.829. The Morgan fingerprint density at radius 1 is 1.33 bits per heavy atom. The van der Waals surface area contributed by atoms with Crippen molar-refractivity contribution in [2.45, 2.75) is 6.42 Å². The van der Waals surface area contributed by atoms with Gasteiger partial charge in [0, 0.05) is 25.4 Å². The quantitative estimate of drug-likeness (QED) is 0.459. The van der Waals surface area contributed by atoms with Crippen LogP contribution in [-0.4, -0.2) is 29.8 Å². The summed E-state index contributed by atoms with van der Waals surface area (Å²) in [5, 5.41) is 0. The second-order valence-electron chi connectivity index (χ2n) is 2.32. The first-order chi connectivity index (χ1) is 5.76. The van der Waals surface area contributed by atoms with E-state index in [4.69, 9.17) is 11.6 Å². The highest BCUT2D eigenvalue weighted by atomic mass is 35.5. The van der Waals surface area contributed by atoms with E-state index in [-0.39, 0.29) is 5.91 Å². The maximum absolute atomic E-state index is 11.3. The van der Waals surface area contributed by atoms with Crippen molar-refractivity contribution in [1.82, 2.24) is 4.90 Å². The van der Waals surface area contributed by atoms with Gasteiger partial charge in [-0.2, -0.15) is 0 Å². The van der Waals surface area contributed by atoms with Gasteiger partial charge in [0.15, 0.2) is 0 Å². The van der Waals surface area contributed by atoms with Crippen LogP contribution < -0.4 is 0 Å². The van der Waals surface area contributed by atoms with Gasteiger partial charge in [-0.25, -0.2) is 0 Å². The summed E-state index contributed by atoms with van der Waals surface area (Å²) in [7, 11) is 0. The van der Waals surface area contributed by atoms with Crippen LogP contribution in [0.25, 0.3) is 0 Å². The number of alkyl halides is 1. The maximum atomic E-state index is 11.3. The standard InChI is InChI=1S/C9H14ClNO/c1-3-7-11(8-4-2)9(12)5-6-10/h3-4H,1-2,5-8H2. The molecule has 0 saturated carbocycles. The fourth-order valence-corrected chi connectivity index (χ4v) is 0.990. The lowest BCUT2D eigenvalue weighted by Crippen LogP contribution is -2.31. The molecule has 1 amide bonds. The van der Waals surface area contributed by atoms with Crippen LogP contribution in [0.1, 0.15) is 6.42 Å². The van der Waals surface area contributed by atoms with Crippen LogP contribution in [0.3, 0.4) is 0 Å². The minimum atomic E-state index is 0.0461. The third kappa shape index (κ3) is 4.19. The predicted molar refractivity (Wildman–Crippen MR) is 52.3 cm³/mol. The minimum absolute atomic E-state index is 0.0461. The van der Waals surface area contributed by atoms with Gasteiger partial charge < -0.3 is 4.90 Å². The van der Waals surface area contributed by atoms with Crippen LogP contribution in [0, 0.1) is 0 Å². The van der Waals surface area contributed by atoms with Gasteiger partial charge in [0.1, 0.15) is 0 Å². The topological polar surface area (TPSA) is 20.3 Å². The minimum Gasteiger partial charge on any atom is -0.335 e. The van der Waals surface area contributed by atoms with Crippen molar-refractivity contribution in [3.8, 4) is 0 Å². The molecular weight excluding hydrogens is 174 g/mol. The molecule has 0 bridgehead atoms. The first-order valence-corrected chi connectivity index (χ1v) is 4.35. The molecule has 0 fully saturated rings. The zero-order valence-electron chi connectivity index (χ0n) is 7.13. The van der Waals surface area contributed by atoms with Gasteiger partial charge in [-0.3, -0.25) is 4.79 Å². The Hall–Kier alpha value is -0.760. The van der Waals surface area contributed by atoms with E-state index in [1.54, 1.807) is 17.1 Å². The molecule has 0 aliphatic rings. The summed E-state index contributed by atoms with van der Waals surface area (Å²) < 4.78 is 0. The molecular formula is C9H14ClNO. The second-order valence-corrected chi connectivity index (χ2v) is 2.69. The Balaban J connectivity index is 3.97. The molecule has 0 aliphatic heterocycles. The summed E-state index contributed by atoms with van der Waals surface area (Å²) in [6.45, 7) is 8.24. The van der Waals surface area contributed by atoms with Gasteiger partial charge in [-0.15, -0.1) is 24.8 Å². The molecule has 0 N–H and O–H groups in total. The highest BCUT2D eigenvalue weighted by Crippen LogP contribution is 1.96. The number of rotatable bonds is 6. The summed E-state index contributed by atoms with van der Waals surface area (Å²) in [5.74, 6) is 0.411. The molecule has 0 radical (unpaired) electrons. The van der Waals surface area contributed by atoms with Crippen molar-refractivity contribution in [3.05, 3.63) is 25.3 Å². The van der Waals surface area contributed by atoms with Gasteiger partial charge in [0.05, 0.1) is 0 Å². The molecule has 0 aromatic rings. The van der Waals surface area contributed by atoms with Crippen molar-refractivity contribution in [3.63, 3.8) is 0 Å². The Morgan fingerprint density at radius 3 is 2.17 bits per heavy atom. The van der Waals surface area contributed by atoms with Crippen LogP contribution >= 0.6 is 11.6 Å². The molecule has 0 spiro atoms. The van der Waals surface area contributed by atoms with E-state index in [0.29, 0.717) is 25.4 Å². The summed E-state index contributed by atoms with van der Waals surface area (Å²) in [4.78, 5) is 12.9. The van der Waals surface area contributed by atoms with E-state index in [1.807, 2.05) is 0 Å². The molecule has 0 aromatic heterocycles. The number of carbonyl (C=O) groups is 1. The second kappa shape index (κ2) is 6.92. The first-order valence-electron chi connectivity index (χ1n) is 3.81. The number of hydrogen-bond acceptors (Lipinski definition) is 1.